The Bertz CT molecular complexity index is 1020. The Morgan fingerprint density at radius 3 is 2.95 bits per heavy atom. The van der Waals surface area contributed by atoms with Gasteiger partial charge in [0.15, 0.2) is 5.76 Å². The van der Waals surface area contributed by atoms with E-state index in [0.717, 1.165) is 15.6 Å². The van der Waals surface area contributed by atoms with Crippen LogP contribution in [0.15, 0.2) is 57.7 Å². The SMILES string of the molecule is O/N=c1/cc(-c2cc3ncsc3cn2)oc2ccccc12. The smallest absolute Gasteiger partial charge is 0.155 e. The van der Waals surface area contributed by atoms with Crippen LogP contribution in [-0.4, -0.2) is 15.2 Å². The van der Waals surface area contributed by atoms with Gasteiger partial charge in [-0.2, -0.15) is 0 Å². The van der Waals surface area contributed by atoms with Crippen molar-refractivity contribution < 1.29 is 9.62 Å². The monoisotopic (exact) mass is 295 g/mol. The van der Waals surface area contributed by atoms with Crippen molar-refractivity contribution in [3.8, 4) is 11.5 Å². The highest BCUT2D eigenvalue weighted by molar-refractivity contribution is 7.16. The van der Waals surface area contributed by atoms with Crippen LogP contribution in [0.1, 0.15) is 0 Å². The van der Waals surface area contributed by atoms with Crippen LogP contribution in [0.25, 0.3) is 32.6 Å². The third-order valence-corrected chi connectivity index (χ3v) is 4.01. The fraction of sp³-hybridized carbons (Fsp3) is 0. The molecule has 21 heavy (non-hydrogen) atoms. The molecule has 0 unspecified atom stereocenters. The standard InChI is InChI=1S/C15H9N3O2S/c19-18-10-6-14(20-13-4-2-1-3-9(10)13)11-5-12-15(7-16-11)21-8-17-12/h1-8,19H/b18-10-. The van der Waals surface area contributed by atoms with E-state index >= 15 is 0 Å². The summed E-state index contributed by atoms with van der Waals surface area (Å²) in [4.78, 5) is 8.66. The van der Waals surface area contributed by atoms with Crippen molar-refractivity contribution >= 4 is 32.5 Å². The molecule has 4 aromatic rings. The van der Waals surface area contributed by atoms with Gasteiger partial charge in [0.05, 0.1) is 15.7 Å². The van der Waals surface area contributed by atoms with E-state index in [1.807, 2.05) is 30.3 Å². The van der Waals surface area contributed by atoms with Crippen LogP contribution in [0, 0.1) is 0 Å². The van der Waals surface area contributed by atoms with Crippen molar-refractivity contribution in [1.29, 1.82) is 0 Å². The molecule has 0 saturated carbocycles. The van der Waals surface area contributed by atoms with Crippen molar-refractivity contribution in [2.45, 2.75) is 0 Å². The summed E-state index contributed by atoms with van der Waals surface area (Å²) in [6.07, 6.45) is 1.77. The maximum absolute atomic E-state index is 9.20. The van der Waals surface area contributed by atoms with Crippen LogP contribution < -0.4 is 5.36 Å². The van der Waals surface area contributed by atoms with Gasteiger partial charge in [0, 0.05) is 17.6 Å². The van der Waals surface area contributed by atoms with Crippen LogP contribution >= 0.6 is 11.3 Å². The van der Waals surface area contributed by atoms with Crippen LogP contribution in [0.2, 0.25) is 0 Å². The minimum Gasteiger partial charge on any atom is -0.454 e. The molecule has 1 N–H and O–H groups in total. The fourth-order valence-electron chi connectivity index (χ4n) is 2.22. The van der Waals surface area contributed by atoms with Gasteiger partial charge in [-0.1, -0.05) is 17.3 Å². The molecule has 5 nitrogen and oxygen atoms in total. The average Bonchev–Trinajstić information content (AvgIpc) is 3.01. The van der Waals surface area contributed by atoms with Gasteiger partial charge in [-0.3, -0.25) is 4.98 Å². The summed E-state index contributed by atoms with van der Waals surface area (Å²) in [6, 6.07) is 10.9. The van der Waals surface area contributed by atoms with E-state index in [1.54, 1.807) is 17.8 Å². The lowest BCUT2D eigenvalue weighted by Gasteiger charge is -2.03. The quantitative estimate of drug-likeness (QED) is 0.431. The Labute approximate surface area is 122 Å². The van der Waals surface area contributed by atoms with Gasteiger partial charge in [0.25, 0.3) is 0 Å². The van der Waals surface area contributed by atoms with E-state index < -0.39 is 0 Å². The Morgan fingerprint density at radius 2 is 2.05 bits per heavy atom. The molecule has 0 bridgehead atoms. The number of benzene rings is 1. The molecule has 0 radical (unpaired) electrons. The molecule has 0 saturated heterocycles. The molecule has 1 aromatic carbocycles. The lowest BCUT2D eigenvalue weighted by atomic mass is 10.2. The molecule has 4 rings (SSSR count). The molecule has 0 aliphatic rings. The third kappa shape index (κ3) is 1.96. The normalized spacial score (nSPS) is 12.3. The Kier molecular flexibility index (Phi) is 2.68. The maximum atomic E-state index is 9.20. The predicted octanol–water partition coefficient (Wildman–Crippen LogP) is 3.39. The topological polar surface area (TPSA) is 71.5 Å². The van der Waals surface area contributed by atoms with Gasteiger partial charge < -0.3 is 9.62 Å². The zero-order valence-corrected chi connectivity index (χ0v) is 11.5. The minimum atomic E-state index is 0.451. The number of rotatable bonds is 1. The maximum Gasteiger partial charge on any atom is 0.155 e. The van der Waals surface area contributed by atoms with E-state index in [4.69, 9.17) is 4.42 Å². The van der Waals surface area contributed by atoms with Gasteiger partial charge in [-0.25, -0.2) is 4.98 Å². The number of thiazole rings is 1. The number of para-hydroxylation sites is 1. The molecule has 102 valence electrons. The summed E-state index contributed by atoms with van der Waals surface area (Å²) in [6.45, 7) is 0. The van der Waals surface area contributed by atoms with Crippen molar-refractivity contribution in [3.05, 3.63) is 53.5 Å². The van der Waals surface area contributed by atoms with E-state index in [1.165, 1.54) is 11.3 Å². The highest BCUT2D eigenvalue weighted by atomic mass is 32.1. The summed E-state index contributed by atoms with van der Waals surface area (Å²) in [5, 5.41) is 13.7. The van der Waals surface area contributed by atoms with Crippen LogP contribution in [0.5, 0.6) is 0 Å². The van der Waals surface area contributed by atoms with Gasteiger partial charge in [-0.15, -0.1) is 11.3 Å². The highest BCUT2D eigenvalue weighted by Gasteiger charge is 2.08. The van der Waals surface area contributed by atoms with Crippen LogP contribution in [0.3, 0.4) is 0 Å². The first kappa shape index (κ1) is 12.0. The van der Waals surface area contributed by atoms with E-state index in [2.05, 4.69) is 15.1 Å². The van der Waals surface area contributed by atoms with Crippen molar-refractivity contribution in [3.63, 3.8) is 0 Å². The first-order valence-electron chi connectivity index (χ1n) is 6.26. The molecule has 3 heterocycles. The average molecular weight is 295 g/mol. The van der Waals surface area contributed by atoms with Crippen molar-refractivity contribution in [2.24, 2.45) is 5.16 Å². The van der Waals surface area contributed by atoms with Crippen LogP contribution in [0.4, 0.5) is 0 Å². The first-order valence-corrected chi connectivity index (χ1v) is 7.14. The second-order valence-electron chi connectivity index (χ2n) is 4.48. The number of pyridine rings is 1. The molecule has 3 aromatic heterocycles. The van der Waals surface area contributed by atoms with E-state index in [-0.39, 0.29) is 0 Å². The molecular weight excluding hydrogens is 286 g/mol. The number of fused-ring (bicyclic) bond motifs is 2. The fourth-order valence-corrected chi connectivity index (χ4v) is 2.85. The van der Waals surface area contributed by atoms with E-state index in [0.29, 0.717) is 22.4 Å². The largest absolute Gasteiger partial charge is 0.454 e. The molecule has 0 fully saturated rings. The van der Waals surface area contributed by atoms with Crippen molar-refractivity contribution in [2.75, 3.05) is 0 Å². The zero-order chi connectivity index (χ0) is 14.2. The van der Waals surface area contributed by atoms with Crippen molar-refractivity contribution in [1.82, 2.24) is 9.97 Å². The second-order valence-corrected chi connectivity index (χ2v) is 5.37. The third-order valence-electron chi connectivity index (χ3n) is 3.23. The number of aromatic nitrogens is 2. The molecule has 0 aliphatic carbocycles. The number of hydrogen-bond acceptors (Lipinski definition) is 6. The predicted molar refractivity (Wildman–Crippen MR) is 80.0 cm³/mol. The molecule has 0 spiro atoms. The minimum absolute atomic E-state index is 0.451. The molecule has 0 aliphatic heterocycles. The van der Waals surface area contributed by atoms with E-state index in [9.17, 15) is 5.21 Å². The molecule has 6 heteroatoms. The molecule has 0 atom stereocenters. The molecular formula is C15H9N3O2S. The van der Waals surface area contributed by atoms with Gasteiger partial charge in [0.2, 0.25) is 0 Å². The van der Waals surface area contributed by atoms with Gasteiger partial charge in [0.1, 0.15) is 16.6 Å². The number of hydrogen-bond donors (Lipinski definition) is 1. The summed E-state index contributed by atoms with van der Waals surface area (Å²) in [5.41, 5.74) is 3.95. The lowest BCUT2D eigenvalue weighted by molar-refractivity contribution is 0.302. The number of nitrogens with zero attached hydrogens (tertiary/aromatic N) is 3. The lowest BCUT2D eigenvalue weighted by Crippen LogP contribution is -2.03. The van der Waals surface area contributed by atoms with Crippen LogP contribution in [-0.2, 0) is 0 Å². The summed E-state index contributed by atoms with van der Waals surface area (Å²) < 4.78 is 6.88. The molecule has 0 amide bonds. The summed E-state index contributed by atoms with van der Waals surface area (Å²) in [7, 11) is 0. The summed E-state index contributed by atoms with van der Waals surface area (Å²) >= 11 is 1.54. The van der Waals surface area contributed by atoms with Gasteiger partial charge in [-0.05, 0) is 18.2 Å². The first-order chi connectivity index (χ1) is 10.3. The Hall–Kier alpha value is -2.73. The summed E-state index contributed by atoms with van der Waals surface area (Å²) in [5.74, 6) is 0.538. The zero-order valence-electron chi connectivity index (χ0n) is 10.7. The Morgan fingerprint density at radius 1 is 1.14 bits per heavy atom. The van der Waals surface area contributed by atoms with Gasteiger partial charge >= 0.3 is 0 Å². The Balaban J connectivity index is 2.01. The highest BCUT2D eigenvalue weighted by Crippen LogP contribution is 2.24. The second kappa shape index (κ2) is 4.68.